The molecule has 7 nitrogen and oxygen atoms in total. The first-order chi connectivity index (χ1) is 7.95. The summed E-state index contributed by atoms with van der Waals surface area (Å²) in [6, 6.07) is 3.93. The van der Waals surface area contributed by atoms with E-state index in [1.807, 2.05) is 0 Å². The molecule has 1 rings (SSSR count). The Morgan fingerprint density at radius 2 is 2.18 bits per heavy atom. The van der Waals surface area contributed by atoms with Crippen LogP contribution in [0, 0.1) is 10.1 Å². The molecule has 0 saturated heterocycles. The number of nitro groups is 1. The molecule has 0 saturated carbocycles. The average molecular weight is 241 g/mol. The van der Waals surface area contributed by atoms with Crippen molar-refractivity contribution in [3.05, 3.63) is 28.3 Å². The van der Waals surface area contributed by atoms with Crippen LogP contribution in [0.15, 0.2) is 18.2 Å². The van der Waals surface area contributed by atoms with Crippen LogP contribution in [-0.4, -0.2) is 29.2 Å². The minimum atomic E-state index is -1.20. The van der Waals surface area contributed by atoms with Crippen LogP contribution in [0.5, 0.6) is 11.5 Å². The Kier molecular flexibility index (Phi) is 3.86. The third kappa shape index (κ3) is 3.07. The van der Waals surface area contributed by atoms with E-state index in [-0.39, 0.29) is 11.4 Å². The van der Waals surface area contributed by atoms with Crippen molar-refractivity contribution in [2.24, 2.45) is 0 Å². The second-order valence-electron chi connectivity index (χ2n) is 3.19. The molecule has 1 atom stereocenters. The molecule has 1 aromatic rings. The maximum absolute atomic E-state index is 10.8. The maximum atomic E-state index is 10.8. The molecule has 0 aliphatic carbocycles. The molecule has 7 heteroatoms. The van der Waals surface area contributed by atoms with Gasteiger partial charge < -0.3 is 14.6 Å². The van der Waals surface area contributed by atoms with Crippen molar-refractivity contribution in [3.63, 3.8) is 0 Å². The Hall–Kier alpha value is -2.31. The van der Waals surface area contributed by atoms with E-state index in [2.05, 4.69) is 0 Å². The minimum Gasteiger partial charge on any atom is -0.496 e. The summed E-state index contributed by atoms with van der Waals surface area (Å²) in [6.45, 7) is 1.29. The first-order valence-corrected chi connectivity index (χ1v) is 4.67. The molecule has 0 fully saturated rings. The van der Waals surface area contributed by atoms with E-state index in [4.69, 9.17) is 14.6 Å². The van der Waals surface area contributed by atoms with Gasteiger partial charge in [-0.05, 0) is 19.1 Å². The summed E-state index contributed by atoms with van der Waals surface area (Å²) in [5.74, 6) is -1.01. The van der Waals surface area contributed by atoms with Crippen LogP contribution in [0.25, 0.3) is 0 Å². The van der Waals surface area contributed by atoms with Crippen molar-refractivity contribution >= 4 is 11.7 Å². The predicted molar refractivity (Wildman–Crippen MR) is 57.4 cm³/mol. The van der Waals surface area contributed by atoms with Crippen LogP contribution in [0.4, 0.5) is 5.69 Å². The Labute approximate surface area is 96.7 Å². The van der Waals surface area contributed by atoms with Crippen molar-refractivity contribution in [1.29, 1.82) is 0 Å². The summed E-state index contributed by atoms with van der Waals surface area (Å²) in [6.07, 6.45) is -1.16. The third-order valence-corrected chi connectivity index (χ3v) is 2.01. The Balaban J connectivity index is 3.06. The van der Waals surface area contributed by atoms with Crippen molar-refractivity contribution in [3.8, 4) is 11.5 Å². The van der Waals surface area contributed by atoms with Crippen LogP contribution in [0.1, 0.15) is 6.92 Å². The van der Waals surface area contributed by atoms with E-state index >= 15 is 0 Å². The smallest absolute Gasteiger partial charge is 0.344 e. The Morgan fingerprint density at radius 1 is 1.53 bits per heavy atom. The van der Waals surface area contributed by atoms with Crippen LogP contribution in [-0.2, 0) is 4.79 Å². The van der Waals surface area contributed by atoms with Crippen molar-refractivity contribution in [2.75, 3.05) is 7.11 Å². The summed E-state index contributed by atoms with van der Waals surface area (Å²) < 4.78 is 9.81. The van der Waals surface area contributed by atoms with Crippen LogP contribution in [0.3, 0.4) is 0 Å². The number of hydrogen-bond acceptors (Lipinski definition) is 5. The number of hydrogen-bond donors (Lipinski definition) is 1. The van der Waals surface area contributed by atoms with Gasteiger partial charge in [0.1, 0.15) is 5.75 Å². The fraction of sp³-hybridized carbons (Fsp3) is 0.300. The number of rotatable bonds is 5. The summed E-state index contributed by atoms with van der Waals surface area (Å²) >= 11 is 0. The quantitative estimate of drug-likeness (QED) is 0.618. The number of methoxy groups -OCH3 is 1. The molecule has 0 amide bonds. The van der Waals surface area contributed by atoms with Gasteiger partial charge in [-0.3, -0.25) is 10.1 Å². The van der Waals surface area contributed by atoms with Crippen LogP contribution in [0.2, 0.25) is 0 Å². The zero-order valence-corrected chi connectivity index (χ0v) is 9.25. The van der Waals surface area contributed by atoms with E-state index in [0.29, 0.717) is 5.75 Å². The molecule has 0 radical (unpaired) electrons. The highest BCUT2D eigenvalue weighted by Crippen LogP contribution is 2.31. The van der Waals surface area contributed by atoms with Crippen molar-refractivity contribution in [1.82, 2.24) is 0 Å². The summed E-state index contributed by atoms with van der Waals surface area (Å²) in [5, 5.41) is 19.4. The lowest BCUT2D eigenvalue weighted by atomic mass is 10.2. The molecule has 1 N–H and O–H groups in total. The van der Waals surface area contributed by atoms with E-state index in [0.717, 1.165) is 0 Å². The molecular weight excluding hydrogens is 230 g/mol. The molecule has 0 bridgehead atoms. The molecule has 92 valence electrons. The zero-order valence-electron chi connectivity index (χ0n) is 9.25. The van der Waals surface area contributed by atoms with Crippen molar-refractivity contribution in [2.45, 2.75) is 13.0 Å². The number of nitro benzene ring substituents is 1. The summed E-state index contributed by atoms with van der Waals surface area (Å²) in [5.41, 5.74) is -0.336. The van der Waals surface area contributed by atoms with Gasteiger partial charge in [0.25, 0.3) is 0 Å². The van der Waals surface area contributed by atoms with Gasteiger partial charge in [-0.1, -0.05) is 0 Å². The number of aliphatic carboxylic acids is 1. The average Bonchev–Trinajstić information content (AvgIpc) is 2.29. The van der Waals surface area contributed by atoms with Gasteiger partial charge in [-0.15, -0.1) is 0 Å². The molecule has 0 aliphatic rings. The second-order valence-corrected chi connectivity index (χ2v) is 3.19. The number of benzene rings is 1. The Bertz CT molecular complexity index is 444. The zero-order chi connectivity index (χ0) is 13.0. The van der Waals surface area contributed by atoms with E-state index < -0.39 is 17.0 Å². The Morgan fingerprint density at radius 3 is 2.65 bits per heavy atom. The molecule has 1 aromatic carbocycles. The van der Waals surface area contributed by atoms with Crippen LogP contribution >= 0.6 is 0 Å². The largest absolute Gasteiger partial charge is 0.496 e. The highest BCUT2D eigenvalue weighted by Gasteiger charge is 2.21. The summed E-state index contributed by atoms with van der Waals surface area (Å²) in [4.78, 5) is 20.7. The lowest BCUT2D eigenvalue weighted by Gasteiger charge is -2.10. The fourth-order valence-corrected chi connectivity index (χ4v) is 1.11. The predicted octanol–water partition coefficient (Wildman–Crippen LogP) is 1.46. The minimum absolute atomic E-state index is 0.106. The SMILES string of the molecule is COc1ccc(O[C@H](C)C(=O)O)c([N+](=O)[O-])c1. The van der Waals surface area contributed by atoms with E-state index in [1.54, 1.807) is 0 Å². The molecule has 0 spiro atoms. The normalized spacial score (nSPS) is 11.6. The van der Waals surface area contributed by atoms with Gasteiger partial charge in [-0.2, -0.15) is 0 Å². The van der Waals surface area contributed by atoms with Crippen LogP contribution < -0.4 is 9.47 Å². The second kappa shape index (κ2) is 5.15. The van der Waals surface area contributed by atoms with Gasteiger partial charge in [-0.25, -0.2) is 4.79 Å². The first kappa shape index (κ1) is 12.8. The lowest BCUT2D eigenvalue weighted by Crippen LogP contribution is -2.23. The van der Waals surface area contributed by atoms with Gasteiger partial charge in [0.15, 0.2) is 11.9 Å². The number of carbonyl (C=O) groups is 1. The van der Waals surface area contributed by atoms with E-state index in [1.165, 1.54) is 32.2 Å². The van der Waals surface area contributed by atoms with Gasteiger partial charge >= 0.3 is 11.7 Å². The first-order valence-electron chi connectivity index (χ1n) is 4.67. The van der Waals surface area contributed by atoms with Gasteiger partial charge in [0, 0.05) is 0 Å². The molecule has 0 aromatic heterocycles. The highest BCUT2D eigenvalue weighted by atomic mass is 16.6. The number of nitrogens with zero attached hydrogens (tertiary/aromatic N) is 1. The molecular formula is C10H11NO6. The van der Waals surface area contributed by atoms with Gasteiger partial charge in [0.05, 0.1) is 18.1 Å². The van der Waals surface area contributed by atoms with Crippen molar-refractivity contribution < 1.29 is 24.3 Å². The molecule has 0 unspecified atom stereocenters. The van der Waals surface area contributed by atoms with E-state index in [9.17, 15) is 14.9 Å². The number of carboxylic acid groups (broad SMARTS) is 1. The molecule has 17 heavy (non-hydrogen) atoms. The highest BCUT2D eigenvalue weighted by molar-refractivity contribution is 5.72. The topological polar surface area (TPSA) is 98.9 Å². The molecule has 0 aliphatic heterocycles. The molecule has 0 heterocycles. The monoisotopic (exact) mass is 241 g/mol. The fourth-order valence-electron chi connectivity index (χ4n) is 1.11. The summed E-state index contributed by atoms with van der Waals surface area (Å²) in [7, 11) is 1.37. The lowest BCUT2D eigenvalue weighted by molar-refractivity contribution is -0.386. The van der Waals surface area contributed by atoms with Gasteiger partial charge in [0.2, 0.25) is 0 Å². The third-order valence-electron chi connectivity index (χ3n) is 2.01. The standard InChI is InChI=1S/C10H11NO6/c1-6(10(12)13)17-9-4-3-7(16-2)5-8(9)11(14)15/h3-6H,1-2H3,(H,12,13)/t6-/m1/s1. The number of ether oxygens (including phenoxy) is 2. The maximum Gasteiger partial charge on any atom is 0.344 e. The number of carboxylic acids is 1.